The van der Waals surface area contributed by atoms with Crippen molar-refractivity contribution in [3.8, 4) is 22.7 Å². The van der Waals surface area contributed by atoms with Crippen molar-refractivity contribution in [3.05, 3.63) is 48.0 Å². The molecule has 2 amide bonds. The molecule has 11 heteroatoms. The summed E-state index contributed by atoms with van der Waals surface area (Å²) in [6, 6.07) is 8.16. The lowest BCUT2D eigenvalue weighted by atomic mass is 10.0. The Hall–Kier alpha value is -3.99. The quantitative estimate of drug-likeness (QED) is 0.299. The van der Waals surface area contributed by atoms with Gasteiger partial charge in [-0.2, -0.15) is 5.10 Å². The monoisotopic (exact) mass is 537 g/mol. The Morgan fingerprint density at radius 3 is 2.54 bits per heavy atom. The summed E-state index contributed by atoms with van der Waals surface area (Å²) < 4.78 is 12.3. The number of benzene rings is 1. The van der Waals surface area contributed by atoms with Crippen LogP contribution in [0, 0.1) is 11.8 Å². The lowest BCUT2D eigenvalue weighted by Crippen LogP contribution is -2.45. The number of esters is 1. The van der Waals surface area contributed by atoms with E-state index in [2.05, 4.69) is 20.7 Å². The maximum atomic E-state index is 12.9. The van der Waals surface area contributed by atoms with Gasteiger partial charge in [0.2, 0.25) is 11.7 Å². The predicted molar refractivity (Wildman–Crippen MR) is 143 cm³/mol. The third-order valence-electron chi connectivity index (χ3n) is 6.64. The lowest BCUT2D eigenvalue weighted by Gasteiger charge is -2.19. The van der Waals surface area contributed by atoms with Gasteiger partial charge in [-0.05, 0) is 56.7 Å². The number of aliphatic hydroxyl groups excluding tert-OH is 1. The molecule has 3 N–H and O–H groups in total. The summed E-state index contributed by atoms with van der Waals surface area (Å²) in [6.07, 6.45) is 3.53. The number of rotatable bonds is 12. The number of hydrogen-bond acceptors (Lipinski definition) is 8. The zero-order chi connectivity index (χ0) is 28.1. The van der Waals surface area contributed by atoms with Gasteiger partial charge in [-0.25, -0.2) is 9.78 Å². The molecule has 0 radical (unpaired) electrons. The molecule has 0 spiro atoms. The van der Waals surface area contributed by atoms with Crippen molar-refractivity contribution in [3.63, 3.8) is 0 Å². The molecule has 2 aromatic heterocycles. The van der Waals surface area contributed by atoms with E-state index in [0.29, 0.717) is 28.4 Å². The van der Waals surface area contributed by atoms with Crippen molar-refractivity contribution in [1.82, 2.24) is 25.4 Å². The third-order valence-corrected chi connectivity index (χ3v) is 6.64. The normalized spacial score (nSPS) is 14.6. The fourth-order valence-electron chi connectivity index (χ4n) is 4.27. The Morgan fingerprint density at radius 1 is 1.13 bits per heavy atom. The van der Waals surface area contributed by atoms with Crippen molar-refractivity contribution in [2.24, 2.45) is 11.8 Å². The molecule has 0 bridgehead atoms. The SMILES string of the molecule is CCOC(=O)C(NC(=O)c1cnc(-c2cccc(-c3cc(C(=O)N[C@@H](C)C4CC4)n(CCO)n3)c2)o1)C(C)C. The average Bonchev–Trinajstić information content (AvgIpc) is 3.49. The second-order valence-electron chi connectivity index (χ2n) is 10.0. The Balaban J connectivity index is 1.53. The van der Waals surface area contributed by atoms with E-state index in [-0.39, 0.29) is 49.3 Å². The zero-order valence-corrected chi connectivity index (χ0v) is 22.6. The molecule has 1 fully saturated rings. The highest BCUT2D eigenvalue weighted by Crippen LogP contribution is 2.32. The first-order valence-electron chi connectivity index (χ1n) is 13.3. The molecule has 0 aliphatic heterocycles. The van der Waals surface area contributed by atoms with Crippen LogP contribution in [0.15, 0.2) is 40.9 Å². The minimum atomic E-state index is -0.818. The number of ether oxygens (including phenoxy) is 1. The lowest BCUT2D eigenvalue weighted by molar-refractivity contribution is -0.146. The first-order valence-corrected chi connectivity index (χ1v) is 13.3. The van der Waals surface area contributed by atoms with Gasteiger partial charge >= 0.3 is 5.97 Å². The van der Waals surface area contributed by atoms with E-state index in [1.165, 1.54) is 10.9 Å². The van der Waals surface area contributed by atoms with Gasteiger partial charge in [-0.3, -0.25) is 14.3 Å². The summed E-state index contributed by atoms with van der Waals surface area (Å²) >= 11 is 0. The smallest absolute Gasteiger partial charge is 0.328 e. The summed E-state index contributed by atoms with van der Waals surface area (Å²) in [5.41, 5.74) is 2.23. The molecule has 0 saturated heterocycles. The van der Waals surface area contributed by atoms with Crippen molar-refractivity contribution < 1.29 is 28.6 Å². The number of carbonyl (C=O) groups excluding carboxylic acids is 3. The van der Waals surface area contributed by atoms with Crippen LogP contribution in [0.25, 0.3) is 22.7 Å². The van der Waals surface area contributed by atoms with E-state index in [9.17, 15) is 19.5 Å². The topological polar surface area (TPSA) is 149 Å². The van der Waals surface area contributed by atoms with E-state index in [1.807, 2.05) is 26.8 Å². The van der Waals surface area contributed by atoms with E-state index in [4.69, 9.17) is 9.15 Å². The molecule has 3 aromatic rings. The highest BCUT2D eigenvalue weighted by Gasteiger charge is 2.30. The van der Waals surface area contributed by atoms with Crippen LogP contribution in [-0.4, -0.2) is 63.0 Å². The second kappa shape index (κ2) is 12.2. The molecule has 1 aliphatic carbocycles. The second-order valence-corrected chi connectivity index (χ2v) is 10.0. The van der Waals surface area contributed by atoms with Crippen LogP contribution in [0.3, 0.4) is 0 Å². The van der Waals surface area contributed by atoms with Gasteiger partial charge in [-0.1, -0.05) is 26.0 Å². The molecular weight excluding hydrogens is 502 g/mol. The highest BCUT2D eigenvalue weighted by atomic mass is 16.5. The Bertz CT molecular complexity index is 1330. The molecule has 208 valence electrons. The first kappa shape index (κ1) is 28.0. The Morgan fingerprint density at radius 2 is 1.87 bits per heavy atom. The molecule has 1 aromatic carbocycles. The minimum Gasteiger partial charge on any atom is -0.464 e. The molecule has 1 aliphatic rings. The number of nitrogens with zero attached hydrogens (tertiary/aromatic N) is 3. The van der Waals surface area contributed by atoms with Crippen LogP contribution in [-0.2, 0) is 16.1 Å². The van der Waals surface area contributed by atoms with Crippen LogP contribution in [0.4, 0.5) is 0 Å². The molecule has 1 saturated carbocycles. The fourth-order valence-corrected chi connectivity index (χ4v) is 4.27. The summed E-state index contributed by atoms with van der Waals surface area (Å²) in [6.45, 7) is 7.56. The number of aromatic nitrogens is 3. The van der Waals surface area contributed by atoms with E-state index < -0.39 is 17.9 Å². The molecule has 4 rings (SSSR count). The minimum absolute atomic E-state index is 0.0404. The van der Waals surface area contributed by atoms with E-state index in [1.54, 1.807) is 31.2 Å². The van der Waals surface area contributed by atoms with Gasteiger partial charge in [0.25, 0.3) is 11.8 Å². The van der Waals surface area contributed by atoms with Crippen LogP contribution in [0.5, 0.6) is 0 Å². The van der Waals surface area contributed by atoms with E-state index >= 15 is 0 Å². The maximum Gasteiger partial charge on any atom is 0.328 e. The number of amides is 2. The van der Waals surface area contributed by atoms with Crippen LogP contribution >= 0.6 is 0 Å². The molecule has 2 heterocycles. The van der Waals surface area contributed by atoms with Crippen molar-refractivity contribution >= 4 is 17.8 Å². The molecule has 39 heavy (non-hydrogen) atoms. The number of carbonyl (C=O) groups is 3. The van der Waals surface area contributed by atoms with Gasteiger partial charge in [0.15, 0.2) is 0 Å². The standard InChI is InChI=1S/C28H35N5O6/c1-5-38-28(37)24(16(2)3)31-26(36)23-15-29-27(39-23)20-8-6-7-19(13-20)21-14-22(33(32-21)11-12-34)25(35)30-17(4)18-9-10-18/h6-8,13-18,24,34H,5,9-12H2,1-4H3,(H,30,35)(H,31,36)/t17-,24?/m0/s1. The highest BCUT2D eigenvalue weighted by molar-refractivity contribution is 5.95. The largest absolute Gasteiger partial charge is 0.464 e. The van der Waals surface area contributed by atoms with Gasteiger partial charge < -0.3 is 24.9 Å². The maximum absolute atomic E-state index is 12.9. The van der Waals surface area contributed by atoms with Crippen LogP contribution < -0.4 is 10.6 Å². The molecule has 2 atom stereocenters. The van der Waals surface area contributed by atoms with Gasteiger partial charge in [0, 0.05) is 17.2 Å². The summed E-state index contributed by atoms with van der Waals surface area (Å²) in [5, 5.41) is 19.7. The van der Waals surface area contributed by atoms with Gasteiger partial charge in [0.05, 0.1) is 31.6 Å². The van der Waals surface area contributed by atoms with Gasteiger partial charge in [-0.15, -0.1) is 0 Å². The van der Waals surface area contributed by atoms with Gasteiger partial charge in [0.1, 0.15) is 11.7 Å². The van der Waals surface area contributed by atoms with Crippen molar-refractivity contribution in [2.75, 3.05) is 13.2 Å². The molecular formula is C28H35N5O6. The van der Waals surface area contributed by atoms with Crippen molar-refractivity contribution in [2.45, 2.75) is 59.2 Å². The average molecular weight is 538 g/mol. The zero-order valence-electron chi connectivity index (χ0n) is 22.6. The third kappa shape index (κ3) is 6.72. The number of aliphatic hydroxyl groups is 1. The van der Waals surface area contributed by atoms with Crippen molar-refractivity contribution in [1.29, 1.82) is 0 Å². The fraction of sp³-hybridized carbons (Fsp3) is 0.464. The number of hydrogen-bond donors (Lipinski definition) is 3. The summed E-state index contributed by atoms with van der Waals surface area (Å²) in [4.78, 5) is 42.2. The number of oxazole rings is 1. The van der Waals surface area contributed by atoms with E-state index in [0.717, 1.165) is 12.8 Å². The van der Waals surface area contributed by atoms with Crippen LogP contribution in [0.1, 0.15) is 61.6 Å². The summed E-state index contributed by atoms with van der Waals surface area (Å²) in [7, 11) is 0. The Kier molecular flexibility index (Phi) is 8.80. The summed E-state index contributed by atoms with van der Waals surface area (Å²) in [5.74, 6) is -0.815. The first-order chi connectivity index (χ1) is 18.7. The Labute approximate surface area is 226 Å². The number of nitrogens with one attached hydrogen (secondary N) is 2. The molecule has 1 unspecified atom stereocenters. The van der Waals surface area contributed by atoms with Crippen LogP contribution in [0.2, 0.25) is 0 Å². The molecule has 11 nitrogen and oxygen atoms in total. The predicted octanol–water partition coefficient (Wildman–Crippen LogP) is 3.04.